The van der Waals surface area contributed by atoms with Gasteiger partial charge in [0, 0.05) is 18.7 Å². The Hall–Kier alpha value is -2.36. The smallest absolute Gasteiger partial charge is 0.304 e. The molecule has 0 amide bonds. The molecule has 2 aromatic rings. The van der Waals surface area contributed by atoms with Crippen molar-refractivity contribution in [2.75, 3.05) is 6.61 Å². The Morgan fingerprint density at radius 1 is 1.26 bits per heavy atom. The number of carbonyl (C=O) groups is 1. The van der Waals surface area contributed by atoms with Crippen LogP contribution in [0, 0.1) is 0 Å². The molecule has 0 bridgehead atoms. The van der Waals surface area contributed by atoms with Crippen LogP contribution in [-0.4, -0.2) is 17.6 Å². The number of hydrogen-bond acceptors (Lipinski definition) is 4. The van der Waals surface area contributed by atoms with E-state index in [1.807, 2.05) is 42.5 Å². The summed E-state index contributed by atoms with van der Waals surface area (Å²) in [6, 6.07) is 13.1. The first-order valence-corrected chi connectivity index (χ1v) is 6.06. The van der Waals surface area contributed by atoms with E-state index in [0.29, 0.717) is 5.69 Å². The number of aromatic nitrogens is 1. The maximum absolute atomic E-state index is 11.5. The maximum Gasteiger partial charge on any atom is 0.304 e. The Labute approximate surface area is 111 Å². The van der Waals surface area contributed by atoms with Crippen LogP contribution in [0.3, 0.4) is 0 Å². The second kappa shape index (κ2) is 4.39. The predicted octanol–water partition coefficient (Wildman–Crippen LogP) is 2.28. The van der Waals surface area contributed by atoms with E-state index in [1.165, 1.54) is 6.92 Å². The Morgan fingerprint density at radius 2 is 2.05 bits per heavy atom. The molecule has 0 fully saturated rings. The second-order valence-corrected chi connectivity index (χ2v) is 4.42. The van der Waals surface area contributed by atoms with Crippen molar-refractivity contribution in [3.8, 4) is 5.75 Å². The summed E-state index contributed by atoms with van der Waals surface area (Å²) >= 11 is 0. The minimum Gasteiger partial charge on any atom is -0.488 e. The van der Waals surface area contributed by atoms with Crippen LogP contribution in [0.5, 0.6) is 5.75 Å². The maximum atomic E-state index is 11.5. The highest BCUT2D eigenvalue weighted by molar-refractivity contribution is 5.68. The quantitative estimate of drug-likeness (QED) is 0.772. The van der Waals surface area contributed by atoms with E-state index < -0.39 is 5.60 Å². The van der Waals surface area contributed by atoms with Crippen LogP contribution in [0.25, 0.3) is 0 Å². The zero-order valence-corrected chi connectivity index (χ0v) is 10.5. The van der Waals surface area contributed by atoms with E-state index in [0.717, 1.165) is 11.3 Å². The van der Waals surface area contributed by atoms with Gasteiger partial charge in [-0.15, -0.1) is 0 Å². The SMILES string of the molecule is CC(=O)OC1(c2ccccn2)COc2ccccc21. The Balaban J connectivity index is 2.17. The molecule has 0 aliphatic carbocycles. The number of esters is 1. The standard InChI is InChI=1S/C15H13NO3/c1-11(17)19-15(14-8-4-5-9-16-14)10-18-13-7-3-2-6-12(13)15/h2-9H,10H2,1H3. The summed E-state index contributed by atoms with van der Waals surface area (Å²) < 4.78 is 11.2. The average Bonchev–Trinajstić information content (AvgIpc) is 2.80. The van der Waals surface area contributed by atoms with Crippen LogP contribution in [-0.2, 0) is 15.1 Å². The molecule has 0 saturated heterocycles. The van der Waals surface area contributed by atoms with Crippen LogP contribution in [0.4, 0.5) is 0 Å². The van der Waals surface area contributed by atoms with Gasteiger partial charge in [0.05, 0.1) is 5.69 Å². The number of nitrogens with zero attached hydrogens (tertiary/aromatic N) is 1. The molecule has 4 heteroatoms. The van der Waals surface area contributed by atoms with Crippen LogP contribution >= 0.6 is 0 Å². The molecule has 0 saturated carbocycles. The summed E-state index contributed by atoms with van der Waals surface area (Å²) in [6.45, 7) is 1.65. The van der Waals surface area contributed by atoms with E-state index in [2.05, 4.69) is 4.98 Å². The lowest BCUT2D eigenvalue weighted by molar-refractivity contribution is -0.155. The van der Waals surface area contributed by atoms with Gasteiger partial charge in [-0.05, 0) is 18.2 Å². The Bertz CT molecular complexity index is 612. The lowest BCUT2D eigenvalue weighted by Crippen LogP contribution is -2.35. The number of pyridine rings is 1. The summed E-state index contributed by atoms with van der Waals surface area (Å²) in [6.07, 6.45) is 1.68. The van der Waals surface area contributed by atoms with Crippen molar-refractivity contribution >= 4 is 5.97 Å². The number of carbonyl (C=O) groups excluding carboxylic acids is 1. The molecule has 1 aromatic carbocycles. The Morgan fingerprint density at radius 3 is 2.79 bits per heavy atom. The lowest BCUT2D eigenvalue weighted by atomic mass is 9.91. The third-order valence-electron chi connectivity index (χ3n) is 3.15. The summed E-state index contributed by atoms with van der Waals surface area (Å²) in [4.78, 5) is 15.8. The molecular weight excluding hydrogens is 242 g/mol. The fourth-order valence-corrected chi connectivity index (χ4v) is 2.38. The summed E-state index contributed by atoms with van der Waals surface area (Å²) in [5.41, 5.74) is 0.572. The summed E-state index contributed by atoms with van der Waals surface area (Å²) in [7, 11) is 0. The van der Waals surface area contributed by atoms with Gasteiger partial charge in [0.2, 0.25) is 5.60 Å². The lowest BCUT2D eigenvalue weighted by Gasteiger charge is -2.26. The van der Waals surface area contributed by atoms with E-state index in [9.17, 15) is 4.79 Å². The topological polar surface area (TPSA) is 48.4 Å². The number of hydrogen-bond donors (Lipinski definition) is 0. The molecule has 1 aliphatic rings. The van der Waals surface area contributed by atoms with Gasteiger partial charge in [-0.2, -0.15) is 0 Å². The second-order valence-electron chi connectivity index (χ2n) is 4.42. The highest BCUT2D eigenvalue weighted by Gasteiger charge is 2.46. The first-order chi connectivity index (χ1) is 9.22. The zero-order chi connectivity index (χ0) is 13.3. The third kappa shape index (κ3) is 1.85. The van der Waals surface area contributed by atoms with Crippen molar-refractivity contribution in [1.82, 2.24) is 4.98 Å². The molecule has 1 unspecified atom stereocenters. The van der Waals surface area contributed by atoms with Gasteiger partial charge in [0.15, 0.2) is 0 Å². The van der Waals surface area contributed by atoms with Crippen LogP contribution in [0.2, 0.25) is 0 Å². The molecule has 3 rings (SSSR count). The minimum absolute atomic E-state index is 0.253. The van der Waals surface area contributed by atoms with Crippen LogP contribution in [0.1, 0.15) is 18.2 Å². The van der Waals surface area contributed by atoms with Crippen molar-refractivity contribution in [3.05, 3.63) is 59.9 Å². The van der Waals surface area contributed by atoms with Crippen LogP contribution < -0.4 is 4.74 Å². The van der Waals surface area contributed by atoms with Gasteiger partial charge >= 0.3 is 5.97 Å². The summed E-state index contributed by atoms with van der Waals surface area (Å²) in [5, 5.41) is 0. The number of para-hydroxylation sites is 1. The highest BCUT2D eigenvalue weighted by Crippen LogP contribution is 2.43. The Kier molecular flexibility index (Phi) is 2.71. The van der Waals surface area contributed by atoms with Gasteiger partial charge < -0.3 is 9.47 Å². The van der Waals surface area contributed by atoms with Crippen molar-refractivity contribution in [1.29, 1.82) is 0 Å². The van der Waals surface area contributed by atoms with E-state index >= 15 is 0 Å². The molecular formula is C15H13NO3. The molecule has 1 aliphatic heterocycles. The monoisotopic (exact) mass is 255 g/mol. The van der Waals surface area contributed by atoms with Crippen molar-refractivity contribution in [3.63, 3.8) is 0 Å². The first kappa shape index (κ1) is 11.7. The molecule has 2 heterocycles. The normalized spacial score (nSPS) is 20.5. The van der Waals surface area contributed by atoms with Gasteiger partial charge in [0.1, 0.15) is 12.4 Å². The van der Waals surface area contributed by atoms with E-state index in [4.69, 9.17) is 9.47 Å². The molecule has 96 valence electrons. The first-order valence-electron chi connectivity index (χ1n) is 6.06. The molecule has 0 radical (unpaired) electrons. The predicted molar refractivity (Wildman–Crippen MR) is 68.7 cm³/mol. The number of ether oxygens (including phenoxy) is 2. The zero-order valence-electron chi connectivity index (χ0n) is 10.5. The summed E-state index contributed by atoms with van der Waals surface area (Å²) in [5.74, 6) is 0.375. The number of benzene rings is 1. The molecule has 19 heavy (non-hydrogen) atoms. The average molecular weight is 255 g/mol. The van der Waals surface area contributed by atoms with Gasteiger partial charge in [-0.25, -0.2) is 0 Å². The van der Waals surface area contributed by atoms with Gasteiger partial charge in [0.25, 0.3) is 0 Å². The largest absolute Gasteiger partial charge is 0.488 e. The number of fused-ring (bicyclic) bond motifs is 1. The highest BCUT2D eigenvalue weighted by atomic mass is 16.6. The molecule has 0 spiro atoms. The molecule has 1 aromatic heterocycles. The van der Waals surface area contributed by atoms with Crippen molar-refractivity contribution in [2.45, 2.75) is 12.5 Å². The van der Waals surface area contributed by atoms with Crippen molar-refractivity contribution < 1.29 is 14.3 Å². The number of rotatable bonds is 2. The van der Waals surface area contributed by atoms with E-state index in [-0.39, 0.29) is 12.6 Å². The van der Waals surface area contributed by atoms with Crippen molar-refractivity contribution in [2.24, 2.45) is 0 Å². The van der Waals surface area contributed by atoms with Crippen LogP contribution in [0.15, 0.2) is 48.7 Å². The minimum atomic E-state index is -0.941. The molecule has 0 N–H and O–H groups in total. The van der Waals surface area contributed by atoms with E-state index in [1.54, 1.807) is 6.20 Å². The fourth-order valence-electron chi connectivity index (χ4n) is 2.38. The third-order valence-corrected chi connectivity index (χ3v) is 3.15. The molecule has 4 nitrogen and oxygen atoms in total. The molecule has 1 atom stereocenters. The fraction of sp³-hybridized carbons (Fsp3) is 0.200. The van der Waals surface area contributed by atoms with Gasteiger partial charge in [-0.1, -0.05) is 24.3 Å². The van der Waals surface area contributed by atoms with Gasteiger partial charge in [-0.3, -0.25) is 9.78 Å².